The van der Waals surface area contributed by atoms with Crippen molar-refractivity contribution in [3.8, 4) is 0 Å². The lowest BCUT2D eigenvalue weighted by Gasteiger charge is -2.36. The summed E-state index contributed by atoms with van der Waals surface area (Å²) >= 11 is 0. The zero-order valence-corrected chi connectivity index (χ0v) is 23.5. The van der Waals surface area contributed by atoms with Crippen LogP contribution in [-0.2, 0) is 19.1 Å². The first-order chi connectivity index (χ1) is 18.5. The highest BCUT2D eigenvalue weighted by molar-refractivity contribution is 6.38. The number of unbranched alkanes of at least 4 members (excludes halogenated alkanes) is 1. The van der Waals surface area contributed by atoms with Gasteiger partial charge in [-0.15, -0.1) is 0 Å². The fraction of sp³-hybridized carbons (Fsp3) is 0.655. The Labute approximate surface area is 230 Å². The van der Waals surface area contributed by atoms with Crippen molar-refractivity contribution in [2.24, 2.45) is 5.41 Å². The number of carboxylic acid groups (broad SMARTS) is 1. The van der Waals surface area contributed by atoms with Crippen LogP contribution in [0.25, 0.3) is 0 Å². The maximum Gasteiger partial charge on any atom is 0.408 e. The summed E-state index contributed by atoms with van der Waals surface area (Å²) in [6, 6.07) is 7.47. The number of nitrogens with one attached hydrogen (secondary N) is 2. The minimum Gasteiger partial charge on any atom is -0.465 e. The van der Waals surface area contributed by atoms with Crippen LogP contribution >= 0.6 is 0 Å². The number of benzene rings is 1. The van der Waals surface area contributed by atoms with E-state index in [9.17, 15) is 24.3 Å². The number of Topliss-reactive ketones (excluding diaryl/α,β-unsaturated/α-hetero) is 1. The summed E-state index contributed by atoms with van der Waals surface area (Å²) in [7, 11) is 0. The molecule has 1 aromatic rings. The van der Waals surface area contributed by atoms with Crippen LogP contribution in [0.5, 0.6) is 0 Å². The number of likely N-dealkylation sites (tertiary alicyclic amines) is 1. The third-order valence-corrected chi connectivity index (χ3v) is 8.01. The number of alkyl carbamates (subject to hydrolysis) is 1. The van der Waals surface area contributed by atoms with Crippen molar-refractivity contribution in [2.75, 3.05) is 13.2 Å². The Bertz CT molecular complexity index is 994. The van der Waals surface area contributed by atoms with Crippen LogP contribution in [-0.4, -0.2) is 71.3 Å². The van der Waals surface area contributed by atoms with E-state index in [0.717, 1.165) is 31.2 Å². The molecular formula is C29H43N3O7. The highest BCUT2D eigenvalue weighted by atomic mass is 16.6. The Morgan fingerprint density at radius 2 is 1.87 bits per heavy atom. The molecule has 2 saturated heterocycles. The first-order valence-corrected chi connectivity index (χ1v) is 14.0. The molecule has 5 atom stereocenters. The van der Waals surface area contributed by atoms with Gasteiger partial charge in [0.15, 0.2) is 0 Å². The lowest BCUT2D eigenvalue weighted by Crippen LogP contribution is -2.49. The van der Waals surface area contributed by atoms with Gasteiger partial charge in [0, 0.05) is 18.1 Å². The summed E-state index contributed by atoms with van der Waals surface area (Å²) in [5.41, 5.74) is 0.179. The van der Waals surface area contributed by atoms with E-state index in [1.165, 1.54) is 4.90 Å². The topological polar surface area (TPSA) is 134 Å². The predicted molar refractivity (Wildman–Crippen MR) is 145 cm³/mol. The second kappa shape index (κ2) is 13.8. The molecule has 0 spiro atoms. The second-order valence-electron chi connectivity index (χ2n) is 11.2. The quantitative estimate of drug-likeness (QED) is 0.350. The van der Waals surface area contributed by atoms with Gasteiger partial charge in [-0.2, -0.15) is 0 Å². The monoisotopic (exact) mass is 545 g/mol. The minimum absolute atomic E-state index is 0.0236. The molecule has 1 aromatic carbocycles. The molecule has 2 fully saturated rings. The van der Waals surface area contributed by atoms with E-state index < -0.39 is 47.5 Å². The number of nitrogens with zero attached hydrogens (tertiary/aromatic N) is 1. The van der Waals surface area contributed by atoms with E-state index >= 15 is 0 Å². The molecule has 10 heteroatoms. The van der Waals surface area contributed by atoms with E-state index in [0.29, 0.717) is 19.4 Å². The van der Waals surface area contributed by atoms with Crippen LogP contribution in [0.4, 0.5) is 9.59 Å². The number of carbonyl (C=O) groups excluding carboxylic acids is 3. The number of rotatable bonds is 11. The minimum atomic E-state index is -1.07. The largest absolute Gasteiger partial charge is 0.465 e. The molecule has 0 aliphatic carbocycles. The van der Waals surface area contributed by atoms with Gasteiger partial charge in [0.25, 0.3) is 5.91 Å². The SMILES string of the molecule is CCCC[C@H](NC(=O)O[C@@H]1CN(C(=O)O)C(CC2CCCCO2)C1(C)C)C(=O)C(=O)N[C@H](C)c1ccccc1. The van der Waals surface area contributed by atoms with Crippen molar-refractivity contribution in [3.63, 3.8) is 0 Å². The van der Waals surface area contributed by atoms with E-state index in [1.54, 1.807) is 6.92 Å². The van der Waals surface area contributed by atoms with Crippen molar-refractivity contribution >= 4 is 23.9 Å². The fourth-order valence-corrected chi connectivity index (χ4v) is 5.46. The molecule has 39 heavy (non-hydrogen) atoms. The maximum absolute atomic E-state index is 13.0. The number of hydrogen-bond acceptors (Lipinski definition) is 6. The molecule has 3 N–H and O–H groups in total. The maximum atomic E-state index is 13.0. The van der Waals surface area contributed by atoms with Crippen LogP contribution < -0.4 is 10.6 Å². The van der Waals surface area contributed by atoms with Crippen LogP contribution in [0.3, 0.4) is 0 Å². The number of ketones is 1. The number of ether oxygens (including phenoxy) is 2. The van der Waals surface area contributed by atoms with Gasteiger partial charge in [-0.05, 0) is 44.6 Å². The van der Waals surface area contributed by atoms with E-state index in [4.69, 9.17) is 9.47 Å². The van der Waals surface area contributed by atoms with Crippen molar-refractivity contribution in [2.45, 2.75) is 103 Å². The van der Waals surface area contributed by atoms with Gasteiger partial charge in [-0.3, -0.25) is 9.59 Å². The number of carbonyl (C=O) groups is 4. The van der Waals surface area contributed by atoms with Crippen molar-refractivity contribution in [3.05, 3.63) is 35.9 Å². The average molecular weight is 546 g/mol. The van der Waals surface area contributed by atoms with Crippen molar-refractivity contribution in [1.29, 1.82) is 0 Å². The van der Waals surface area contributed by atoms with E-state index in [1.807, 2.05) is 51.1 Å². The molecule has 0 radical (unpaired) electrons. The molecule has 216 valence electrons. The molecule has 0 bridgehead atoms. The van der Waals surface area contributed by atoms with Crippen molar-refractivity contribution in [1.82, 2.24) is 15.5 Å². The summed E-state index contributed by atoms with van der Waals surface area (Å²) < 4.78 is 11.6. The Morgan fingerprint density at radius 3 is 2.49 bits per heavy atom. The molecule has 0 aromatic heterocycles. The molecule has 3 rings (SSSR count). The van der Waals surface area contributed by atoms with E-state index in [-0.39, 0.29) is 25.1 Å². The molecule has 10 nitrogen and oxygen atoms in total. The summed E-state index contributed by atoms with van der Waals surface area (Å²) in [6.07, 6.45) is 2.45. The van der Waals surface area contributed by atoms with E-state index in [2.05, 4.69) is 10.6 Å². The molecule has 2 unspecified atom stereocenters. The summed E-state index contributed by atoms with van der Waals surface area (Å²) in [6.45, 7) is 8.20. The van der Waals surface area contributed by atoms with Gasteiger partial charge >= 0.3 is 12.2 Å². The third-order valence-electron chi connectivity index (χ3n) is 8.01. The van der Waals surface area contributed by atoms with Crippen LogP contribution in [0.15, 0.2) is 30.3 Å². The summed E-state index contributed by atoms with van der Waals surface area (Å²) in [4.78, 5) is 52.2. The normalized spacial score (nSPS) is 23.9. The first kappa shape index (κ1) is 30.4. The lowest BCUT2D eigenvalue weighted by molar-refractivity contribution is -0.139. The zero-order chi connectivity index (χ0) is 28.6. The number of amides is 3. The fourth-order valence-electron chi connectivity index (χ4n) is 5.46. The molecule has 0 saturated carbocycles. The molecular weight excluding hydrogens is 502 g/mol. The summed E-state index contributed by atoms with van der Waals surface area (Å²) in [5.74, 6) is -1.52. The highest BCUT2D eigenvalue weighted by Crippen LogP contribution is 2.41. The van der Waals surface area contributed by atoms with Crippen molar-refractivity contribution < 1.29 is 33.8 Å². The lowest BCUT2D eigenvalue weighted by atomic mass is 9.79. The van der Waals surface area contributed by atoms with Gasteiger partial charge < -0.3 is 30.1 Å². The average Bonchev–Trinajstić information content (AvgIpc) is 3.16. The Morgan fingerprint density at radius 1 is 1.15 bits per heavy atom. The Kier molecular flexibility index (Phi) is 10.7. The highest BCUT2D eigenvalue weighted by Gasteiger charge is 2.52. The number of hydrogen-bond donors (Lipinski definition) is 3. The molecule has 2 aliphatic heterocycles. The third kappa shape index (κ3) is 7.94. The molecule has 2 aliphatic rings. The zero-order valence-electron chi connectivity index (χ0n) is 23.5. The molecule has 3 amide bonds. The standard InChI is InChI=1S/C29H43N3O7/c1-5-6-15-22(25(33)26(34)30-19(2)20-12-8-7-9-13-20)31-27(35)39-24-18-32(28(36)37)23(29(24,3)4)17-21-14-10-11-16-38-21/h7-9,12-13,19,21-24H,5-6,10-11,14-18H2,1-4H3,(H,30,34)(H,31,35)(H,36,37)/t19-,21?,22+,23?,24-/m1/s1. The van der Waals surface area contributed by atoms with Gasteiger partial charge in [-0.1, -0.05) is 63.9 Å². The summed E-state index contributed by atoms with van der Waals surface area (Å²) in [5, 5.41) is 15.2. The predicted octanol–water partition coefficient (Wildman–Crippen LogP) is 4.43. The Balaban J connectivity index is 1.65. The smallest absolute Gasteiger partial charge is 0.408 e. The Hall–Kier alpha value is -3.14. The van der Waals surface area contributed by atoms with Crippen LogP contribution in [0.2, 0.25) is 0 Å². The molecule has 2 heterocycles. The second-order valence-corrected chi connectivity index (χ2v) is 11.2. The van der Waals surface area contributed by atoms with Crippen LogP contribution in [0, 0.1) is 5.41 Å². The van der Waals surface area contributed by atoms with Gasteiger partial charge in [0.2, 0.25) is 5.78 Å². The van der Waals surface area contributed by atoms with Crippen LogP contribution in [0.1, 0.15) is 84.2 Å². The van der Waals surface area contributed by atoms with Gasteiger partial charge in [-0.25, -0.2) is 9.59 Å². The van der Waals surface area contributed by atoms with Gasteiger partial charge in [0.05, 0.1) is 18.7 Å². The van der Waals surface area contributed by atoms with Gasteiger partial charge in [0.1, 0.15) is 12.1 Å². The first-order valence-electron chi connectivity index (χ1n) is 14.0.